The van der Waals surface area contributed by atoms with Crippen molar-refractivity contribution < 1.29 is 4.79 Å². The molecule has 0 atom stereocenters. The average molecular weight is 400 g/mol. The highest BCUT2D eigenvalue weighted by Gasteiger charge is 2.22. The molecule has 0 spiro atoms. The molecule has 4 nitrogen and oxygen atoms in total. The Bertz CT molecular complexity index is 647. The van der Waals surface area contributed by atoms with Gasteiger partial charge in [0.05, 0.1) is 20.9 Å². The summed E-state index contributed by atoms with van der Waals surface area (Å²) in [5.74, 6) is 0.198. The Morgan fingerprint density at radius 3 is 2.68 bits per heavy atom. The van der Waals surface area contributed by atoms with Gasteiger partial charge in [0, 0.05) is 43.0 Å². The Balaban J connectivity index is 1.47. The summed E-state index contributed by atoms with van der Waals surface area (Å²) >= 11 is 6.88. The van der Waals surface area contributed by atoms with Gasteiger partial charge in [0.15, 0.2) is 0 Å². The number of piperazine rings is 1. The number of thiophene rings is 1. The molecule has 2 aromatic rings. The molecule has 0 N–H and O–H groups in total. The van der Waals surface area contributed by atoms with E-state index in [0.29, 0.717) is 6.42 Å². The normalized spacial score (nSPS) is 16.2. The lowest BCUT2D eigenvalue weighted by atomic mass is 10.2. The molecule has 1 amide bonds. The third kappa shape index (κ3) is 4.16. The number of aromatic nitrogens is 1. The largest absolute Gasteiger partial charge is 0.340 e. The molecule has 1 fully saturated rings. The first-order valence-corrected chi connectivity index (χ1v) is 9.74. The molecule has 0 unspecified atom stereocenters. The summed E-state index contributed by atoms with van der Waals surface area (Å²) in [6, 6.07) is 4.26. The van der Waals surface area contributed by atoms with Crippen LogP contribution in [0.5, 0.6) is 0 Å². The van der Waals surface area contributed by atoms with Crippen molar-refractivity contribution in [1.29, 1.82) is 0 Å². The lowest BCUT2D eigenvalue weighted by Crippen LogP contribution is -2.48. The van der Waals surface area contributed by atoms with Crippen LogP contribution in [0.2, 0.25) is 0 Å². The summed E-state index contributed by atoms with van der Waals surface area (Å²) in [6.45, 7) is 6.46. The third-order valence-electron chi connectivity index (χ3n) is 3.73. The van der Waals surface area contributed by atoms with Gasteiger partial charge in [0.25, 0.3) is 0 Å². The minimum absolute atomic E-state index is 0.198. The molecule has 3 rings (SSSR count). The molecule has 1 saturated heterocycles. The molecule has 3 heterocycles. The van der Waals surface area contributed by atoms with Gasteiger partial charge >= 0.3 is 0 Å². The summed E-state index contributed by atoms with van der Waals surface area (Å²) in [7, 11) is 0. The molecule has 1 aliphatic rings. The van der Waals surface area contributed by atoms with Gasteiger partial charge in [-0.15, -0.1) is 22.7 Å². The monoisotopic (exact) mass is 399 g/mol. The van der Waals surface area contributed by atoms with E-state index in [0.717, 1.165) is 43.4 Å². The van der Waals surface area contributed by atoms with Gasteiger partial charge in [-0.25, -0.2) is 4.98 Å². The fraction of sp³-hybridized carbons (Fsp3) is 0.467. The lowest BCUT2D eigenvalue weighted by molar-refractivity contribution is -0.132. The van der Waals surface area contributed by atoms with Crippen molar-refractivity contribution in [2.24, 2.45) is 0 Å². The molecule has 118 valence electrons. The molecule has 0 saturated carbocycles. The molecule has 1 aliphatic heterocycles. The minimum Gasteiger partial charge on any atom is -0.340 e. The predicted octanol–water partition coefficient (Wildman–Crippen LogP) is 3.16. The van der Waals surface area contributed by atoms with E-state index in [1.54, 1.807) is 22.7 Å². The Kier molecular flexibility index (Phi) is 5.28. The molecule has 0 aromatic carbocycles. The summed E-state index contributed by atoms with van der Waals surface area (Å²) < 4.78 is 1.18. The van der Waals surface area contributed by atoms with Crippen molar-refractivity contribution in [2.75, 3.05) is 26.2 Å². The SMILES string of the molecule is Cc1nc(CC(=O)N2CCN(Cc3ccc(Br)s3)CC2)cs1. The highest BCUT2D eigenvalue weighted by Crippen LogP contribution is 2.23. The Morgan fingerprint density at radius 2 is 2.09 bits per heavy atom. The van der Waals surface area contributed by atoms with Crippen molar-refractivity contribution >= 4 is 44.5 Å². The minimum atomic E-state index is 0.198. The van der Waals surface area contributed by atoms with E-state index in [9.17, 15) is 4.79 Å². The van der Waals surface area contributed by atoms with E-state index in [-0.39, 0.29) is 5.91 Å². The van der Waals surface area contributed by atoms with Gasteiger partial charge in [-0.05, 0) is 35.0 Å². The second kappa shape index (κ2) is 7.21. The molecule has 2 aromatic heterocycles. The number of rotatable bonds is 4. The average Bonchev–Trinajstić information content (AvgIpc) is 3.08. The standard InChI is InChI=1S/C15H18BrN3OS2/c1-11-17-12(10-21-11)8-15(20)19-6-4-18(5-7-19)9-13-2-3-14(16)22-13/h2-3,10H,4-9H2,1H3. The summed E-state index contributed by atoms with van der Waals surface area (Å²) in [4.78, 5) is 22.4. The maximum atomic E-state index is 12.3. The fourth-order valence-corrected chi connectivity index (χ4v) is 4.71. The van der Waals surface area contributed by atoms with Gasteiger partial charge in [-0.2, -0.15) is 0 Å². The van der Waals surface area contributed by atoms with Gasteiger partial charge in [-0.3, -0.25) is 9.69 Å². The van der Waals surface area contributed by atoms with Crippen LogP contribution in [-0.4, -0.2) is 46.9 Å². The van der Waals surface area contributed by atoms with Crippen molar-refractivity contribution in [3.8, 4) is 0 Å². The van der Waals surface area contributed by atoms with Crippen LogP contribution in [0.4, 0.5) is 0 Å². The first-order chi connectivity index (χ1) is 10.6. The Hall–Kier alpha value is -0.760. The second-order valence-corrected chi connectivity index (χ2v) is 9.01. The molecule has 0 aliphatic carbocycles. The molecular formula is C15H18BrN3OS2. The lowest BCUT2D eigenvalue weighted by Gasteiger charge is -2.34. The topological polar surface area (TPSA) is 36.4 Å². The Morgan fingerprint density at radius 1 is 1.32 bits per heavy atom. The van der Waals surface area contributed by atoms with E-state index >= 15 is 0 Å². The van der Waals surface area contributed by atoms with Gasteiger partial charge < -0.3 is 4.90 Å². The third-order valence-corrected chi connectivity index (χ3v) is 6.16. The number of halogens is 1. The van der Waals surface area contributed by atoms with Crippen LogP contribution in [0.15, 0.2) is 21.3 Å². The van der Waals surface area contributed by atoms with E-state index in [2.05, 4.69) is 37.9 Å². The van der Waals surface area contributed by atoms with Crippen LogP contribution >= 0.6 is 38.6 Å². The molecule has 0 radical (unpaired) electrons. The Labute approximate surface area is 146 Å². The highest BCUT2D eigenvalue weighted by molar-refractivity contribution is 9.11. The van der Waals surface area contributed by atoms with Crippen LogP contribution in [0.1, 0.15) is 15.6 Å². The van der Waals surface area contributed by atoms with Crippen LogP contribution < -0.4 is 0 Å². The summed E-state index contributed by atoms with van der Waals surface area (Å²) in [5, 5.41) is 3.01. The summed E-state index contributed by atoms with van der Waals surface area (Å²) in [5.41, 5.74) is 0.901. The number of nitrogens with zero attached hydrogens (tertiary/aromatic N) is 3. The first kappa shape index (κ1) is 16.1. The summed E-state index contributed by atoms with van der Waals surface area (Å²) in [6.07, 6.45) is 0.433. The second-order valence-electron chi connectivity index (χ2n) is 5.40. The highest BCUT2D eigenvalue weighted by atomic mass is 79.9. The number of aryl methyl sites for hydroxylation is 1. The number of hydrogen-bond donors (Lipinski definition) is 0. The van der Waals surface area contributed by atoms with Crippen LogP contribution in [0.3, 0.4) is 0 Å². The van der Waals surface area contributed by atoms with Gasteiger partial charge in [-0.1, -0.05) is 0 Å². The molecule has 7 heteroatoms. The maximum Gasteiger partial charge on any atom is 0.228 e. The number of thiazole rings is 1. The number of carbonyl (C=O) groups excluding carboxylic acids is 1. The van der Waals surface area contributed by atoms with E-state index < -0.39 is 0 Å². The van der Waals surface area contributed by atoms with Gasteiger partial charge in [0.2, 0.25) is 5.91 Å². The zero-order chi connectivity index (χ0) is 15.5. The van der Waals surface area contributed by atoms with E-state index in [1.165, 1.54) is 8.66 Å². The predicted molar refractivity (Wildman–Crippen MR) is 94.4 cm³/mol. The van der Waals surface area contributed by atoms with Crippen molar-refractivity contribution in [1.82, 2.24) is 14.8 Å². The van der Waals surface area contributed by atoms with E-state index in [1.807, 2.05) is 17.2 Å². The quantitative estimate of drug-likeness (QED) is 0.791. The fourth-order valence-electron chi connectivity index (χ4n) is 2.57. The van der Waals surface area contributed by atoms with Crippen LogP contribution in [0, 0.1) is 6.92 Å². The number of carbonyl (C=O) groups is 1. The maximum absolute atomic E-state index is 12.3. The molecular weight excluding hydrogens is 382 g/mol. The van der Waals surface area contributed by atoms with Gasteiger partial charge in [0.1, 0.15) is 0 Å². The van der Waals surface area contributed by atoms with Crippen LogP contribution in [-0.2, 0) is 17.8 Å². The van der Waals surface area contributed by atoms with Crippen molar-refractivity contribution in [3.63, 3.8) is 0 Å². The van der Waals surface area contributed by atoms with Crippen molar-refractivity contribution in [3.05, 3.63) is 36.9 Å². The number of amides is 1. The zero-order valence-electron chi connectivity index (χ0n) is 12.4. The molecule has 0 bridgehead atoms. The molecule has 22 heavy (non-hydrogen) atoms. The zero-order valence-corrected chi connectivity index (χ0v) is 15.6. The smallest absolute Gasteiger partial charge is 0.228 e. The number of hydrogen-bond acceptors (Lipinski definition) is 5. The van der Waals surface area contributed by atoms with Crippen LogP contribution in [0.25, 0.3) is 0 Å². The first-order valence-electron chi connectivity index (χ1n) is 7.25. The van der Waals surface area contributed by atoms with Crippen molar-refractivity contribution in [2.45, 2.75) is 19.9 Å². The van der Waals surface area contributed by atoms with E-state index in [4.69, 9.17) is 0 Å².